The van der Waals surface area contributed by atoms with E-state index in [1.54, 1.807) is 12.4 Å². The third-order valence-electron chi connectivity index (χ3n) is 6.97. The molecule has 5 rings (SSSR count). The summed E-state index contributed by atoms with van der Waals surface area (Å²) in [6, 6.07) is 4.24. The topological polar surface area (TPSA) is 83.4 Å². The number of allylic oxidation sites excluding steroid dienone is 5. The number of imidazole rings is 1. The average Bonchev–Trinajstić information content (AvgIpc) is 3.17. The van der Waals surface area contributed by atoms with Gasteiger partial charge < -0.3 is 19.7 Å². The standard InChI is InChI=1S/C27H32N4O3/c1-27(2,33)23-8-3-9-24-22(23)18-19(21-7-4-12-28-25(21)34-24)6-5-14-30-15-10-20(11-16-30)31-17-13-29-26(31)32/h3-4,6-9,12-13,17-18,20,23,33H,5,10-11,14-16H2,1-2H3,(H,29,32). The molecule has 1 atom stereocenters. The average molecular weight is 461 g/mol. The molecule has 7 heteroatoms. The quantitative estimate of drug-likeness (QED) is 0.708. The van der Waals surface area contributed by atoms with Crippen molar-refractivity contribution in [3.8, 4) is 5.88 Å². The van der Waals surface area contributed by atoms with E-state index in [4.69, 9.17) is 4.74 Å². The van der Waals surface area contributed by atoms with Crippen molar-refractivity contribution in [3.63, 3.8) is 0 Å². The summed E-state index contributed by atoms with van der Waals surface area (Å²) in [5, 5.41) is 10.8. The Morgan fingerprint density at radius 1 is 1.32 bits per heavy atom. The number of aromatic nitrogens is 3. The Kier molecular flexibility index (Phi) is 6.15. The van der Waals surface area contributed by atoms with Crippen LogP contribution in [-0.2, 0) is 0 Å². The zero-order chi connectivity index (χ0) is 23.7. The van der Waals surface area contributed by atoms with Gasteiger partial charge in [0, 0.05) is 61.3 Å². The molecule has 7 nitrogen and oxygen atoms in total. The molecule has 0 radical (unpaired) electrons. The number of hydrogen-bond donors (Lipinski definition) is 2. The van der Waals surface area contributed by atoms with Crippen LogP contribution in [0, 0.1) is 5.92 Å². The van der Waals surface area contributed by atoms with E-state index in [-0.39, 0.29) is 17.6 Å². The van der Waals surface area contributed by atoms with E-state index in [2.05, 4.69) is 27.0 Å². The Balaban J connectivity index is 1.33. The van der Waals surface area contributed by atoms with E-state index >= 15 is 0 Å². The maximum Gasteiger partial charge on any atom is 0.325 e. The van der Waals surface area contributed by atoms with Crippen LogP contribution >= 0.6 is 0 Å². The van der Waals surface area contributed by atoms with Crippen LogP contribution in [0.1, 0.15) is 44.7 Å². The molecule has 0 amide bonds. The maximum absolute atomic E-state index is 11.9. The predicted octanol–water partition coefficient (Wildman–Crippen LogP) is 3.84. The summed E-state index contributed by atoms with van der Waals surface area (Å²) in [6.45, 7) is 6.57. The fourth-order valence-electron chi connectivity index (χ4n) is 5.13. The lowest BCUT2D eigenvalue weighted by Gasteiger charge is -2.32. The van der Waals surface area contributed by atoms with Gasteiger partial charge in [0.25, 0.3) is 0 Å². The number of aromatic amines is 1. The molecular weight excluding hydrogens is 428 g/mol. The summed E-state index contributed by atoms with van der Waals surface area (Å²) >= 11 is 0. The van der Waals surface area contributed by atoms with Crippen LogP contribution in [0.25, 0.3) is 5.57 Å². The number of piperidine rings is 1. The largest absolute Gasteiger partial charge is 0.438 e. The van der Waals surface area contributed by atoms with Gasteiger partial charge in [-0.3, -0.25) is 4.57 Å². The van der Waals surface area contributed by atoms with Crippen molar-refractivity contribution in [2.75, 3.05) is 19.6 Å². The molecule has 3 aliphatic rings. The fraction of sp³-hybridized carbons (Fsp3) is 0.407. The van der Waals surface area contributed by atoms with E-state index in [0.717, 1.165) is 61.4 Å². The molecule has 2 aromatic rings. The van der Waals surface area contributed by atoms with Crippen LogP contribution in [0.3, 0.4) is 0 Å². The van der Waals surface area contributed by atoms with E-state index in [9.17, 15) is 9.90 Å². The Labute approximate surface area is 199 Å². The zero-order valence-corrected chi connectivity index (χ0v) is 19.8. The first-order valence-corrected chi connectivity index (χ1v) is 12.0. The number of H-pyrrole nitrogens is 1. The highest BCUT2D eigenvalue weighted by atomic mass is 16.5. The first-order chi connectivity index (χ1) is 16.4. The highest BCUT2D eigenvalue weighted by molar-refractivity contribution is 5.80. The summed E-state index contributed by atoms with van der Waals surface area (Å²) in [5.74, 6) is 1.16. The lowest BCUT2D eigenvalue weighted by atomic mass is 9.80. The fourth-order valence-corrected chi connectivity index (χ4v) is 5.13. The Bertz CT molecular complexity index is 1220. The second-order valence-corrected chi connectivity index (χ2v) is 9.80. The Morgan fingerprint density at radius 3 is 2.88 bits per heavy atom. The molecule has 1 unspecified atom stereocenters. The van der Waals surface area contributed by atoms with Crippen molar-refractivity contribution >= 4 is 5.57 Å². The molecule has 0 bridgehead atoms. The number of nitrogens with one attached hydrogen (secondary N) is 1. The third-order valence-corrected chi connectivity index (χ3v) is 6.97. The molecule has 34 heavy (non-hydrogen) atoms. The van der Waals surface area contributed by atoms with Crippen LogP contribution in [0.4, 0.5) is 0 Å². The molecule has 2 aliphatic heterocycles. The van der Waals surface area contributed by atoms with E-state index in [1.807, 2.05) is 55.0 Å². The number of rotatable bonds is 5. The number of hydrogen-bond acceptors (Lipinski definition) is 5. The van der Waals surface area contributed by atoms with Crippen LogP contribution in [0.2, 0.25) is 0 Å². The number of likely N-dealkylation sites (tertiary alicyclic amines) is 1. The first kappa shape index (κ1) is 22.6. The van der Waals surface area contributed by atoms with Gasteiger partial charge in [-0.25, -0.2) is 9.78 Å². The normalized spacial score (nSPS) is 22.4. The van der Waals surface area contributed by atoms with E-state index in [1.165, 1.54) is 0 Å². The van der Waals surface area contributed by atoms with Gasteiger partial charge in [-0.1, -0.05) is 18.2 Å². The lowest BCUT2D eigenvalue weighted by molar-refractivity contribution is 0.0492. The molecule has 1 saturated heterocycles. The number of nitrogens with zero attached hydrogens (tertiary/aromatic N) is 3. The van der Waals surface area contributed by atoms with Crippen LogP contribution in [0.15, 0.2) is 77.2 Å². The Hall–Kier alpha value is -3.16. The molecule has 2 N–H and O–H groups in total. The molecule has 178 valence electrons. The highest BCUT2D eigenvalue weighted by Gasteiger charge is 2.34. The first-order valence-electron chi connectivity index (χ1n) is 12.0. The molecule has 1 aliphatic carbocycles. The van der Waals surface area contributed by atoms with Crippen molar-refractivity contribution in [1.29, 1.82) is 0 Å². The summed E-state index contributed by atoms with van der Waals surface area (Å²) in [7, 11) is 0. The maximum atomic E-state index is 11.9. The summed E-state index contributed by atoms with van der Waals surface area (Å²) in [6.07, 6.45) is 18.5. The summed E-state index contributed by atoms with van der Waals surface area (Å²) < 4.78 is 8.03. The molecule has 4 heterocycles. The monoisotopic (exact) mass is 460 g/mol. The van der Waals surface area contributed by atoms with Crippen LogP contribution in [0.5, 0.6) is 5.88 Å². The molecule has 2 aromatic heterocycles. The SMILES string of the molecule is CC(C)(O)C1C=CC=C2Oc3ncccc3C(=CCCN3CCC(n4cc[nH]c4=O)CC3)C=C21. The molecule has 0 aromatic carbocycles. The minimum Gasteiger partial charge on any atom is -0.438 e. The van der Waals surface area contributed by atoms with E-state index in [0.29, 0.717) is 5.88 Å². The molecular formula is C27H32N4O3. The molecule has 0 spiro atoms. The number of pyridine rings is 1. The smallest absolute Gasteiger partial charge is 0.325 e. The second kappa shape index (κ2) is 9.24. The van der Waals surface area contributed by atoms with Gasteiger partial charge >= 0.3 is 5.69 Å². The van der Waals surface area contributed by atoms with Gasteiger partial charge in [0.2, 0.25) is 5.88 Å². The minimum absolute atomic E-state index is 0.0191. The molecule has 0 saturated carbocycles. The van der Waals surface area contributed by atoms with Gasteiger partial charge in [-0.05, 0) is 63.0 Å². The Morgan fingerprint density at radius 2 is 2.15 bits per heavy atom. The van der Waals surface area contributed by atoms with Crippen molar-refractivity contribution in [2.24, 2.45) is 5.92 Å². The van der Waals surface area contributed by atoms with Gasteiger partial charge in [0.15, 0.2) is 0 Å². The zero-order valence-electron chi connectivity index (χ0n) is 19.8. The summed E-state index contributed by atoms with van der Waals surface area (Å²) in [5.41, 5.74) is 2.07. The lowest BCUT2D eigenvalue weighted by Crippen LogP contribution is -2.37. The van der Waals surface area contributed by atoms with Gasteiger partial charge in [0.05, 0.1) is 5.60 Å². The van der Waals surface area contributed by atoms with Crippen molar-refractivity contribution in [2.45, 2.75) is 44.8 Å². The number of aliphatic hydroxyl groups is 1. The second-order valence-electron chi connectivity index (χ2n) is 9.80. The third kappa shape index (κ3) is 4.58. The highest BCUT2D eigenvalue weighted by Crippen LogP contribution is 2.40. The van der Waals surface area contributed by atoms with Gasteiger partial charge in [-0.2, -0.15) is 0 Å². The van der Waals surface area contributed by atoms with Crippen molar-refractivity contribution in [3.05, 3.63) is 88.5 Å². The number of ether oxygens (including phenoxy) is 1. The van der Waals surface area contributed by atoms with Crippen LogP contribution < -0.4 is 10.4 Å². The predicted molar refractivity (Wildman–Crippen MR) is 132 cm³/mol. The van der Waals surface area contributed by atoms with Gasteiger partial charge in [-0.15, -0.1) is 0 Å². The van der Waals surface area contributed by atoms with Crippen LogP contribution in [-0.4, -0.2) is 49.8 Å². The minimum atomic E-state index is -0.911. The van der Waals surface area contributed by atoms with E-state index < -0.39 is 5.60 Å². The van der Waals surface area contributed by atoms with Gasteiger partial charge in [0.1, 0.15) is 5.76 Å². The van der Waals surface area contributed by atoms with Crippen molar-refractivity contribution < 1.29 is 9.84 Å². The van der Waals surface area contributed by atoms with Crippen molar-refractivity contribution in [1.82, 2.24) is 19.4 Å². The number of fused-ring (bicyclic) bond motifs is 2. The summed E-state index contributed by atoms with van der Waals surface area (Å²) in [4.78, 5) is 21.6. The molecule has 1 fully saturated rings.